The topological polar surface area (TPSA) is 119 Å². The lowest BCUT2D eigenvalue weighted by Gasteiger charge is -2.19. The Hall–Kier alpha value is -3.27. The SMILES string of the molecule is CCC(CC)Nc1nc(NCCOCCOCCN)nc(NCCC(c2ccccc2)c2ccccc2)n1. The van der Waals surface area contributed by atoms with Gasteiger partial charge in [0.1, 0.15) is 0 Å². The molecule has 5 N–H and O–H groups in total. The summed E-state index contributed by atoms with van der Waals surface area (Å²) in [7, 11) is 0. The molecule has 0 spiro atoms. The molecule has 9 nitrogen and oxygen atoms in total. The van der Waals surface area contributed by atoms with Gasteiger partial charge in [0, 0.05) is 31.6 Å². The van der Waals surface area contributed by atoms with Crippen molar-refractivity contribution in [2.24, 2.45) is 5.73 Å². The minimum Gasteiger partial charge on any atom is -0.378 e. The third-order valence-corrected chi connectivity index (χ3v) is 6.24. The van der Waals surface area contributed by atoms with Crippen molar-refractivity contribution in [2.45, 2.75) is 45.1 Å². The summed E-state index contributed by atoms with van der Waals surface area (Å²) in [5, 5.41) is 10.1. The number of aromatic nitrogens is 3. The molecular weight excluding hydrogens is 478 g/mol. The van der Waals surface area contributed by atoms with Gasteiger partial charge >= 0.3 is 0 Å². The predicted octanol–water partition coefficient (Wildman–Crippen LogP) is 4.51. The van der Waals surface area contributed by atoms with Gasteiger partial charge in [0.25, 0.3) is 0 Å². The Labute approximate surface area is 227 Å². The Bertz CT molecular complexity index is 980. The first-order valence-corrected chi connectivity index (χ1v) is 13.7. The minimum atomic E-state index is 0.275. The maximum Gasteiger partial charge on any atom is 0.229 e. The highest BCUT2D eigenvalue weighted by molar-refractivity contribution is 5.43. The molecule has 0 atom stereocenters. The molecule has 0 saturated carbocycles. The zero-order valence-electron chi connectivity index (χ0n) is 22.7. The molecule has 206 valence electrons. The Morgan fingerprint density at radius 3 is 1.76 bits per heavy atom. The number of nitrogens with two attached hydrogens (primary N) is 1. The molecule has 3 rings (SSSR count). The van der Waals surface area contributed by atoms with Gasteiger partial charge in [-0.1, -0.05) is 74.5 Å². The van der Waals surface area contributed by atoms with E-state index in [1.54, 1.807) is 0 Å². The van der Waals surface area contributed by atoms with E-state index in [0.717, 1.165) is 19.3 Å². The standard InChI is InChI=1S/C29H43N7O2/c1-3-25(4-2)33-29-35-27(34-28(36-29)32-18-20-38-22-21-37-19-16-30)31-17-15-26(23-11-7-5-8-12-23)24-13-9-6-10-14-24/h5-14,25-26H,3-4,15-22,30H2,1-2H3,(H3,31,32,33,34,35,36). The van der Waals surface area contributed by atoms with E-state index in [-0.39, 0.29) is 5.92 Å². The molecule has 3 aromatic rings. The lowest BCUT2D eigenvalue weighted by Crippen LogP contribution is -2.21. The maximum absolute atomic E-state index is 5.61. The molecule has 2 aromatic carbocycles. The highest BCUT2D eigenvalue weighted by Gasteiger charge is 2.15. The molecular formula is C29H43N7O2. The first-order chi connectivity index (χ1) is 18.7. The van der Waals surface area contributed by atoms with Gasteiger partial charge in [-0.3, -0.25) is 0 Å². The number of benzene rings is 2. The smallest absolute Gasteiger partial charge is 0.229 e. The first-order valence-electron chi connectivity index (χ1n) is 13.7. The molecule has 0 unspecified atom stereocenters. The number of hydrogen-bond donors (Lipinski definition) is 4. The van der Waals surface area contributed by atoms with Crippen LogP contribution in [0.4, 0.5) is 17.8 Å². The summed E-state index contributed by atoms with van der Waals surface area (Å²) in [6.07, 6.45) is 2.88. The Kier molecular flexibility index (Phi) is 13.3. The molecule has 0 aliphatic rings. The molecule has 0 aliphatic carbocycles. The van der Waals surface area contributed by atoms with Gasteiger partial charge in [0.2, 0.25) is 17.8 Å². The molecule has 1 heterocycles. The van der Waals surface area contributed by atoms with Crippen LogP contribution in [0.2, 0.25) is 0 Å². The van der Waals surface area contributed by atoms with Crippen molar-refractivity contribution in [1.82, 2.24) is 15.0 Å². The molecule has 0 saturated heterocycles. The van der Waals surface area contributed by atoms with E-state index in [1.807, 2.05) is 0 Å². The van der Waals surface area contributed by atoms with Crippen LogP contribution < -0.4 is 21.7 Å². The van der Waals surface area contributed by atoms with Gasteiger partial charge in [-0.15, -0.1) is 0 Å². The summed E-state index contributed by atoms with van der Waals surface area (Å²) in [4.78, 5) is 13.9. The van der Waals surface area contributed by atoms with Gasteiger partial charge in [-0.25, -0.2) is 0 Å². The second-order valence-electron chi connectivity index (χ2n) is 8.99. The van der Waals surface area contributed by atoms with Crippen molar-refractivity contribution < 1.29 is 9.47 Å². The lowest BCUT2D eigenvalue weighted by molar-refractivity contribution is 0.0547. The summed E-state index contributed by atoms with van der Waals surface area (Å²) >= 11 is 0. The van der Waals surface area contributed by atoms with Crippen molar-refractivity contribution >= 4 is 17.8 Å². The van der Waals surface area contributed by atoms with Crippen molar-refractivity contribution in [3.8, 4) is 0 Å². The van der Waals surface area contributed by atoms with E-state index < -0.39 is 0 Å². The summed E-state index contributed by atoms with van der Waals surface area (Å²) in [5.74, 6) is 1.91. The van der Waals surface area contributed by atoms with E-state index in [2.05, 4.69) is 105 Å². The first kappa shape index (κ1) is 29.3. The fraction of sp³-hybridized carbons (Fsp3) is 0.483. The Balaban J connectivity index is 1.62. The van der Waals surface area contributed by atoms with Crippen molar-refractivity contribution in [2.75, 3.05) is 62.0 Å². The van der Waals surface area contributed by atoms with E-state index in [4.69, 9.17) is 15.2 Å². The molecule has 0 bridgehead atoms. The number of nitrogens with one attached hydrogen (secondary N) is 3. The summed E-state index contributed by atoms with van der Waals surface area (Å²) in [6.45, 7) is 8.25. The minimum absolute atomic E-state index is 0.275. The number of rotatable bonds is 19. The fourth-order valence-electron chi connectivity index (χ4n) is 4.14. The monoisotopic (exact) mass is 521 g/mol. The van der Waals surface area contributed by atoms with Crippen LogP contribution in [0.15, 0.2) is 60.7 Å². The third kappa shape index (κ3) is 10.2. The molecule has 0 amide bonds. The second kappa shape index (κ2) is 17.3. The number of ether oxygens (including phenoxy) is 2. The van der Waals surface area contributed by atoms with Crippen LogP contribution >= 0.6 is 0 Å². The number of anilines is 3. The van der Waals surface area contributed by atoms with Crippen LogP contribution in [0.25, 0.3) is 0 Å². The zero-order valence-corrected chi connectivity index (χ0v) is 22.7. The van der Waals surface area contributed by atoms with Gasteiger partial charge < -0.3 is 31.2 Å². The van der Waals surface area contributed by atoms with Crippen LogP contribution in [-0.2, 0) is 9.47 Å². The summed E-state index contributed by atoms with van der Waals surface area (Å²) in [5.41, 5.74) is 8.01. The lowest BCUT2D eigenvalue weighted by atomic mass is 9.88. The van der Waals surface area contributed by atoms with E-state index >= 15 is 0 Å². The summed E-state index contributed by atoms with van der Waals surface area (Å²) in [6, 6.07) is 21.5. The summed E-state index contributed by atoms with van der Waals surface area (Å²) < 4.78 is 10.9. The largest absolute Gasteiger partial charge is 0.378 e. The average molecular weight is 522 g/mol. The van der Waals surface area contributed by atoms with Gasteiger partial charge in [-0.05, 0) is 30.4 Å². The van der Waals surface area contributed by atoms with Crippen LogP contribution in [0.5, 0.6) is 0 Å². The fourth-order valence-corrected chi connectivity index (χ4v) is 4.14. The highest BCUT2D eigenvalue weighted by Crippen LogP contribution is 2.27. The molecule has 9 heteroatoms. The van der Waals surface area contributed by atoms with Crippen LogP contribution in [0, 0.1) is 0 Å². The van der Waals surface area contributed by atoms with Gasteiger partial charge in [0.15, 0.2) is 0 Å². The van der Waals surface area contributed by atoms with Crippen molar-refractivity contribution in [1.29, 1.82) is 0 Å². The normalized spacial score (nSPS) is 11.2. The van der Waals surface area contributed by atoms with Crippen molar-refractivity contribution in [3.05, 3.63) is 71.8 Å². The molecule has 0 fully saturated rings. The molecule has 0 radical (unpaired) electrons. The maximum atomic E-state index is 5.61. The molecule has 0 aliphatic heterocycles. The van der Waals surface area contributed by atoms with E-state index in [0.29, 0.717) is 69.9 Å². The Morgan fingerprint density at radius 2 is 1.21 bits per heavy atom. The second-order valence-corrected chi connectivity index (χ2v) is 8.99. The van der Waals surface area contributed by atoms with Crippen molar-refractivity contribution in [3.63, 3.8) is 0 Å². The van der Waals surface area contributed by atoms with Crippen LogP contribution in [-0.4, -0.2) is 67.1 Å². The van der Waals surface area contributed by atoms with Gasteiger partial charge in [0.05, 0.1) is 26.4 Å². The zero-order chi connectivity index (χ0) is 26.8. The van der Waals surface area contributed by atoms with E-state index in [1.165, 1.54) is 11.1 Å². The van der Waals surface area contributed by atoms with E-state index in [9.17, 15) is 0 Å². The van der Waals surface area contributed by atoms with Gasteiger partial charge in [-0.2, -0.15) is 15.0 Å². The third-order valence-electron chi connectivity index (χ3n) is 6.24. The average Bonchev–Trinajstić information content (AvgIpc) is 2.96. The molecule has 38 heavy (non-hydrogen) atoms. The van der Waals surface area contributed by atoms with Crippen LogP contribution in [0.1, 0.15) is 50.2 Å². The molecule has 1 aromatic heterocycles. The highest BCUT2D eigenvalue weighted by atomic mass is 16.5. The number of nitrogens with zero attached hydrogens (tertiary/aromatic N) is 3. The Morgan fingerprint density at radius 1 is 0.684 bits per heavy atom. The quantitative estimate of drug-likeness (QED) is 0.169. The van der Waals surface area contributed by atoms with Crippen LogP contribution in [0.3, 0.4) is 0 Å². The predicted molar refractivity (Wildman–Crippen MR) is 155 cm³/mol. The number of hydrogen-bond acceptors (Lipinski definition) is 9.